The Kier molecular flexibility index (Phi) is 8.13. The van der Waals surface area contributed by atoms with Crippen molar-refractivity contribution in [3.05, 3.63) is 36.4 Å². The fraction of sp³-hybridized carbons (Fsp3) is 0.250. The maximum Gasteiger partial charge on any atom is 0.00255 e. The molecular weight excluding hydrogens is 142 g/mol. The van der Waals surface area contributed by atoms with Crippen molar-refractivity contribution in [3.63, 3.8) is 0 Å². The van der Waals surface area contributed by atoms with Gasteiger partial charge in [-0.1, -0.05) is 36.4 Å². The van der Waals surface area contributed by atoms with Crippen LogP contribution in [-0.4, -0.2) is 12.3 Å². The van der Waals surface area contributed by atoms with Gasteiger partial charge in [0.1, 0.15) is 0 Å². The molecule has 0 atom stereocenters. The van der Waals surface area contributed by atoms with Crippen molar-refractivity contribution in [1.82, 2.24) is 0 Å². The predicted molar refractivity (Wildman–Crippen MR) is 49.3 cm³/mol. The van der Waals surface area contributed by atoms with Crippen LogP contribution in [-0.2, 0) is 0 Å². The van der Waals surface area contributed by atoms with Gasteiger partial charge >= 0.3 is 0 Å². The van der Waals surface area contributed by atoms with E-state index in [1.54, 1.807) is 0 Å². The molecule has 0 saturated heterocycles. The molecule has 0 heterocycles. The van der Waals surface area contributed by atoms with Gasteiger partial charge < -0.3 is 5.73 Å². The lowest BCUT2D eigenvalue weighted by molar-refractivity contribution is 1.16. The normalized spacial score (nSPS) is 7.80. The van der Waals surface area contributed by atoms with E-state index in [9.17, 15) is 0 Å². The predicted octanol–water partition coefficient (Wildman–Crippen LogP) is 1.56. The zero-order chi connectivity index (χ0) is 7.66. The first kappa shape index (κ1) is 9.53. The molecule has 1 aromatic rings. The molecule has 0 radical (unpaired) electrons. The molecule has 0 aliphatic rings. The van der Waals surface area contributed by atoms with E-state index in [2.05, 4.69) is 12.6 Å². The fourth-order valence-corrected chi connectivity index (χ4v) is 0.385. The Hall–Kier alpha value is -0.470. The smallest absolute Gasteiger partial charge is 0.00255 e. The third kappa shape index (κ3) is 7.53. The number of hydrogen-bond acceptors (Lipinski definition) is 2. The molecule has 0 aliphatic heterocycles. The third-order valence-electron chi connectivity index (χ3n) is 0.796. The molecule has 1 nitrogen and oxygen atoms in total. The lowest BCUT2D eigenvalue weighted by atomic mass is 10.4. The summed E-state index contributed by atoms with van der Waals surface area (Å²) in [7, 11) is 0. The van der Waals surface area contributed by atoms with Crippen LogP contribution in [0.25, 0.3) is 0 Å². The van der Waals surface area contributed by atoms with Gasteiger partial charge in [-0.05, 0) is 0 Å². The summed E-state index contributed by atoms with van der Waals surface area (Å²) in [5.74, 6) is 0.792. The average Bonchev–Trinajstić information content (AvgIpc) is 2.08. The highest BCUT2D eigenvalue weighted by Crippen LogP contribution is 1.79. The van der Waals surface area contributed by atoms with Gasteiger partial charge in [-0.25, -0.2) is 0 Å². The van der Waals surface area contributed by atoms with Crippen LogP contribution in [0.15, 0.2) is 36.4 Å². The molecule has 0 bridgehead atoms. The van der Waals surface area contributed by atoms with Gasteiger partial charge in [-0.2, -0.15) is 12.6 Å². The number of benzene rings is 1. The summed E-state index contributed by atoms with van der Waals surface area (Å²) in [6.07, 6.45) is 0. The molecule has 10 heavy (non-hydrogen) atoms. The van der Waals surface area contributed by atoms with Crippen LogP contribution < -0.4 is 5.73 Å². The minimum Gasteiger partial charge on any atom is -0.330 e. The summed E-state index contributed by atoms with van der Waals surface area (Å²) in [4.78, 5) is 0. The van der Waals surface area contributed by atoms with E-state index in [4.69, 9.17) is 5.73 Å². The lowest BCUT2D eigenvalue weighted by Gasteiger charge is -1.69. The van der Waals surface area contributed by atoms with Gasteiger partial charge in [-0.3, -0.25) is 0 Å². The second kappa shape index (κ2) is 8.53. The van der Waals surface area contributed by atoms with Crippen molar-refractivity contribution in [2.24, 2.45) is 5.73 Å². The Morgan fingerprint density at radius 1 is 0.900 bits per heavy atom. The van der Waals surface area contributed by atoms with E-state index in [1.807, 2.05) is 36.4 Å². The van der Waals surface area contributed by atoms with Gasteiger partial charge in [0.15, 0.2) is 0 Å². The minimum atomic E-state index is 0.684. The molecule has 2 N–H and O–H groups in total. The van der Waals surface area contributed by atoms with E-state index >= 15 is 0 Å². The lowest BCUT2D eigenvalue weighted by Crippen LogP contribution is -1.97. The summed E-state index contributed by atoms with van der Waals surface area (Å²) < 4.78 is 0. The van der Waals surface area contributed by atoms with Crippen LogP contribution in [0, 0.1) is 0 Å². The van der Waals surface area contributed by atoms with Crippen LogP contribution in [0.1, 0.15) is 0 Å². The number of rotatable bonds is 1. The second-order valence-electron chi connectivity index (χ2n) is 1.67. The summed E-state index contributed by atoms with van der Waals surface area (Å²) in [6, 6.07) is 12.0. The van der Waals surface area contributed by atoms with Gasteiger partial charge in [0.05, 0.1) is 0 Å². The monoisotopic (exact) mass is 155 g/mol. The van der Waals surface area contributed by atoms with Crippen molar-refractivity contribution in [2.75, 3.05) is 12.3 Å². The summed E-state index contributed by atoms with van der Waals surface area (Å²) in [6.45, 7) is 0.684. The van der Waals surface area contributed by atoms with E-state index in [0.717, 1.165) is 5.75 Å². The maximum atomic E-state index is 4.95. The average molecular weight is 155 g/mol. The third-order valence-corrected chi connectivity index (χ3v) is 1.05. The molecule has 56 valence electrons. The second-order valence-corrected chi connectivity index (χ2v) is 2.11. The fourth-order valence-electron chi connectivity index (χ4n) is 0.385. The molecule has 1 rings (SSSR count). The van der Waals surface area contributed by atoms with E-state index in [-0.39, 0.29) is 0 Å². The highest BCUT2D eigenvalue weighted by Gasteiger charge is 1.57. The standard InChI is InChI=1S/C6H6.C2H7NS/c1-2-4-6-5-3-1;3-1-2-4/h1-6H;4H,1-3H2. The topological polar surface area (TPSA) is 26.0 Å². The zero-order valence-electron chi connectivity index (χ0n) is 5.90. The number of thiol groups is 1. The number of nitrogens with two attached hydrogens (primary N) is 1. The van der Waals surface area contributed by atoms with Crippen LogP contribution in [0.2, 0.25) is 0 Å². The summed E-state index contributed by atoms with van der Waals surface area (Å²) in [5, 5.41) is 0. The van der Waals surface area contributed by atoms with E-state index < -0.39 is 0 Å². The molecule has 0 aromatic heterocycles. The van der Waals surface area contributed by atoms with Crippen LogP contribution in [0.5, 0.6) is 0 Å². The van der Waals surface area contributed by atoms with Crippen molar-refractivity contribution < 1.29 is 0 Å². The van der Waals surface area contributed by atoms with E-state index in [0.29, 0.717) is 6.54 Å². The SMILES string of the molecule is NCCS.c1ccccc1. The van der Waals surface area contributed by atoms with Crippen LogP contribution >= 0.6 is 12.6 Å². The van der Waals surface area contributed by atoms with E-state index in [1.165, 1.54) is 0 Å². The van der Waals surface area contributed by atoms with Gasteiger partial charge in [0.25, 0.3) is 0 Å². The van der Waals surface area contributed by atoms with Crippen molar-refractivity contribution >= 4 is 12.6 Å². The first-order valence-corrected chi connectivity index (χ1v) is 3.86. The first-order valence-electron chi connectivity index (χ1n) is 3.22. The molecular formula is C8H13NS. The molecule has 0 saturated carbocycles. The van der Waals surface area contributed by atoms with Crippen LogP contribution in [0.3, 0.4) is 0 Å². The Bertz CT molecular complexity index is 101. The van der Waals surface area contributed by atoms with Gasteiger partial charge in [0, 0.05) is 12.3 Å². The Morgan fingerprint density at radius 3 is 1.20 bits per heavy atom. The quantitative estimate of drug-likeness (QED) is 0.591. The molecule has 2 heteroatoms. The molecule has 0 unspecified atom stereocenters. The summed E-state index contributed by atoms with van der Waals surface area (Å²) >= 11 is 3.80. The first-order chi connectivity index (χ1) is 4.91. The molecule has 0 aliphatic carbocycles. The van der Waals surface area contributed by atoms with Crippen molar-refractivity contribution in [2.45, 2.75) is 0 Å². The molecule has 0 fully saturated rings. The Labute approximate surface area is 67.7 Å². The largest absolute Gasteiger partial charge is 0.330 e. The van der Waals surface area contributed by atoms with Crippen LogP contribution in [0.4, 0.5) is 0 Å². The number of hydrogen-bond donors (Lipinski definition) is 2. The molecule has 0 amide bonds. The van der Waals surface area contributed by atoms with Crippen molar-refractivity contribution in [3.8, 4) is 0 Å². The Balaban J connectivity index is 0.000000180. The maximum absolute atomic E-state index is 4.95. The minimum absolute atomic E-state index is 0.684. The summed E-state index contributed by atoms with van der Waals surface area (Å²) in [5.41, 5.74) is 4.95. The Morgan fingerprint density at radius 2 is 1.10 bits per heavy atom. The van der Waals surface area contributed by atoms with Crippen molar-refractivity contribution in [1.29, 1.82) is 0 Å². The highest BCUT2D eigenvalue weighted by atomic mass is 32.1. The molecule has 1 aromatic carbocycles. The van der Waals surface area contributed by atoms with Gasteiger partial charge in [-0.15, -0.1) is 0 Å². The molecule has 0 spiro atoms. The zero-order valence-corrected chi connectivity index (χ0v) is 6.80. The highest BCUT2D eigenvalue weighted by molar-refractivity contribution is 7.80. The van der Waals surface area contributed by atoms with Gasteiger partial charge in [0.2, 0.25) is 0 Å².